The molecule has 2 rings (SSSR count). The molecule has 3 N–H and O–H groups in total. The van der Waals surface area contributed by atoms with E-state index in [0.717, 1.165) is 31.7 Å². The molecule has 1 fully saturated rings. The van der Waals surface area contributed by atoms with E-state index < -0.39 is 5.97 Å². The van der Waals surface area contributed by atoms with Crippen LogP contribution in [-0.4, -0.2) is 42.4 Å². The maximum atomic E-state index is 11.6. The largest absolute Gasteiger partial charge is 0.465 e. The molecule has 1 aromatic rings. The van der Waals surface area contributed by atoms with E-state index >= 15 is 0 Å². The normalized spacial score (nSPS) is 17.9. The zero-order chi connectivity index (χ0) is 14.7. The van der Waals surface area contributed by atoms with Gasteiger partial charge in [-0.05, 0) is 31.7 Å². The highest BCUT2D eigenvalue weighted by Crippen LogP contribution is 2.26. The average Bonchev–Trinajstić information content (AvgIpc) is 2.47. The van der Waals surface area contributed by atoms with Crippen molar-refractivity contribution < 1.29 is 14.6 Å². The lowest BCUT2D eigenvalue weighted by molar-refractivity contribution is 0.0602. The number of carbonyl (C=O) groups is 1. The Bertz CT molecular complexity index is 483. The van der Waals surface area contributed by atoms with Crippen molar-refractivity contribution in [1.29, 1.82) is 0 Å². The minimum Gasteiger partial charge on any atom is -0.465 e. The fraction of sp³-hybridized carbons (Fsp3) is 0.571. The Labute approximate surface area is 118 Å². The number of nitrogen functional groups attached to an aromatic ring is 1. The number of rotatable bonds is 3. The molecule has 6 nitrogen and oxygen atoms in total. The monoisotopic (exact) mass is 279 g/mol. The highest BCUT2D eigenvalue weighted by molar-refractivity contribution is 5.95. The van der Waals surface area contributed by atoms with Gasteiger partial charge in [-0.1, -0.05) is 0 Å². The number of anilines is 2. The van der Waals surface area contributed by atoms with Crippen LogP contribution >= 0.6 is 0 Å². The molecule has 1 aliphatic rings. The summed E-state index contributed by atoms with van der Waals surface area (Å²) in [4.78, 5) is 18.0. The fourth-order valence-corrected chi connectivity index (χ4v) is 2.53. The third-order valence-electron chi connectivity index (χ3n) is 3.87. The van der Waals surface area contributed by atoms with Crippen molar-refractivity contribution in [2.24, 2.45) is 5.92 Å². The lowest BCUT2D eigenvalue weighted by Gasteiger charge is -2.34. The summed E-state index contributed by atoms with van der Waals surface area (Å²) in [6.45, 7) is 3.46. The van der Waals surface area contributed by atoms with Crippen LogP contribution in [0.4, 0.5) is 11.5 Å². The Kier molecular flexibility index (Phi) is 4.44. The SMILES string of the molecule is COC(=O)c1cc(N2CCC(C(C)O)CC2)ncc1N. The molecule has 110 valence electrons. The van der Waals surface area contributed by atoms with Crippen molar-refractivity contribution in [1.82, 2.24) is 4.98 Å². The van der Waals surface area contributed by atoms with Crippen LogP contribution in [0.2, 0.25) is 0 Å². The smallest absolute Gasteiger partial charge is 0.340 e. The minimum atomic E-state index is -0.454. The summed E-state index contributed by atoms with van der Waals surface area (Å²) in [5.41, 5.74) is 6.40. The molecule has 0 radical (unpaired) electrons. The van der Waals surface area contributed by atoms with Crippen molar-refractivity contribution in [2.45, 2.75) is 25.9 Å². The number of hydrogen-bond acceptors (Lipinski definition) is 6. The number of ether oxygens (including phenoxy) is 1. The molecule has 0 aromatic carbocycles. The van der Waals surface area contributed by atoms with E-state index in [4.69, 9.17) is 10.5 Å². The van der Waals surface area contributed by atoms with Crippen LogP contribution < -0.4 is 10.6 Å². The molecule has 1 atom stereocenters. The predicted molar refractivity (Wildman–Crippen MR) is 76.6 cm³/mol. The van der Waals surface area contributed by atoms with Crippen molar-refractivity contribution >= 4 is 17.5 Å². The first-order chi connectivity index (χ1) is 9.52. The number of esters is 1. The molecule has 0 aliphatic carbocycles. The molecule has 1 saturated heterocycles. The molecule has 0 bridgehead atoms. The average molecular weight is 279 g/mol. The number of pyridine rings is 1. The van der Waals surface area contributed by atoms with Gasteiger partial charge in [-0.3, -0.25) is 0 Å². The number of aromatic nitrogens is 1. The second-order valence-electron chi connectivity index (χ2n) is 5.19. The first-order valence-electron chi connectivity index (χ1n) is 6.79. The van der Waals surface area contributed by atoms with Gasteiger partial charge in [0.1, 0.15) is 5.82 Å². The Morgan fingerprint density at radius 2 is 2.20 bits per heavy atom. The maximum Gasteiger partial charge on any atom is 0.340 e. The number of piperidine rings is 1. The van der Waals surface area contributed by atoms with Crippen LogP contribution in [0.3, 0.4) is 0 Å². The van der Waals surface area contributed by atoms with Gasteiger partial charge in [0.2, 0.25) is 0 Å². The quantitative estimate of drug-likeness (QED) is 0.804. The number of aliphatic hydroxyl groups is 1. The van der Waals surface area contributed by atoms with E-state index in [2.05, 4.69) is 9.88 Å². The number of carbonyl (C=O) groups excluding carboxylic acids is 1. The maximum absolute atomic E-state index is 11.6. The molecule has 6 heteroatoms. The van der Waals surface area contributed by atoms with Gasteiger partial charge < -0.3 is 20.5 Å². The molecule has 0 amide bonds. The highest BCUT2D eigenvalue weighted by atomic mass is 16.5. The molecule has 1 aliphatic heterocycles. The number of methoxy groups -OCH3 is 1. The van der Waals surface area contributed by atoms with Gasteiger partial charge in [0.05, 0.1) is 30.7 Å². The lowest BCUT2D eigenvalue weighted by Crippen LogP contribution is -2.37. The third-order valence-corrected chi connectivity index (χ3v) is 3.87. The Hall–Kier alpha value is -1.82. The first-order valence-corrected chi connectivity index (χ1v) is 6.79. The van der Waals surface area contributed by atoms with Crippen molar-refractivity contribution in [3.63, 3.8) is 0 Å². The van der Waals surface area contributed by atoms with Crippen molar-refractivity contribution in [2.75, 3.05) is 30.8 Å². The fourth-order valence-electron chi connectivity index (χ4n) is 2.53. The van der Waals surface area contributed by atoms with Gasteiger partial charge in [-0.15, -0.1) is 0 Å². The number of nitrogens with zero attached hydrogens (tertiary/aromatic N) is 2. The summed E-state index contributed by atoms with van der Waals surface area (Å²) < 4.78 is 4.71. The van der Waals surface area contributed by atoms with Gasteiger partial charge in [0, 0.05) is 13.1 Å². The Morgan fingerprint density at radius 3 is 2.75 bits per heavy atom. The van der Waals surface area contributed by atoms with Crippen LogP contribution in [0, 0.1) is 5.92 Å². The van der Waals surface area contributed by atoms with E-state index in [9.17, 15) is 9.90 Å². The number of nitrogens with two attached hydrogens (primary N) is 1. The zero-order valence-corrected chi connectivity index (χ0v) is 11.9. The zero-order valence-electron chi connectivity index (χ0n) is 11.9. The lowest BCUT2D eigenvalue weighted by atomic mass is 9.92. The molecule has 0 saturated carbocycles. The summed E-state index contributed by atoms with van der Waals surface area (Å²) in [6.07, 6.45) is 3.04. The summed E-state index contributed by atoms with van der Waals surface area (Å²) in [6, 6.07) is 1.67. The Morgan fingerprint density at radius 1 is 1.55 bits per heavy atom. The van der Waals surface area contributed by atoms with Crippen LogP contribution in [0.1, 0.15) is 30.1 Å². The predicted octanol–water partition coefficient (Wildman–Crippen LogP) is 1.05. The number of hydrogen-bond donors (Lipinski definition) is 2. The van der Waals surface area contributed by atoms with E-state index in [1.54, 1.807) is 6.07 Å². The third kappa shape index (κ3) is 3.01. The van der Waals surface area contributed by atoms with E-state index in [1.165, 1.54) is 13.3 Å². The van der Waals surface area contributed by atoms with E-state index in [-0.39, 0.29) is 6.10 Å². The standard InChI is InChI=1S/C14H21N3O3/c1-9(18)10-3-5-17(6-4-10)13-7-11(14(19)20-2)12(15)8-16-13/h7-10,18H,3-6,15H2,1-2H3. The van der Waals surface area contributed by atoms with Gasteiger partial charge in [0.25, 0.3) is 0 Å². The van der Waals surface area contributed by atoms with Crippen molar-refractivity contribution in [3.8, 4) is 0 Å². The van der Waals surface area contributed by atoms with E-state index in [0.29, 0.717) is 17.2 Å². The minimum absolute atomic E-state index is 0.276. The van der Waals surface area contributed by atoms with Gasteiger partial charge in [0.15, 0.2) is 0 Å². The number of aliphatic hydroxyl groups excluding tert-OH is 1. The van der Waals surface area contributed by atoms with Crippen LogP contribution in [0.15, 0.2) is 12.3 Å². The molecule has 1 aromatic heterocycles. The van der Waals surface area contributed by atoms with Crippen LogP contribution in [0.25, 0.3) is 0 Å². The van der Waals surface area contributed by atoms with Gasteiger partial charge in [-0.25, -0.2) is 9.78 Å². The Balaban J connectivity index is 2.12. The molecule has 2 heterocycles. The van der Waals surface area contributed by atoms with Gasteiger partial charge in [-0.2, -0.15) is 0 Å². The summed E-state index contributed by atoms with van der Waals surface area (Å²) in [7, 11) is 1.33. The molecule has 0 spiro atoms. The summed E-state index contributed by atoms with van der Waals surface area (Å²) >= 11 is 0. The second kappa shape index (κ2) is 6.09. The highest BCUT2D eigenvalue weighted by Gasteiger charge is 2.24. The first kappa shape index (κ1) is 14.6. The second-order valence-corrected chi connectivity index (χ2v) is 5.19. The van der Waals surface area contributed by atoms with Gasteiger partial charge >= 0.3 is 5.97 Å². The molecular formula is C14H21N3O3. The van der Waals surface area contributed by atoms with Crippen LogP contribution in [-0.2, 0) is 4.74 Å². The van der Waals surface area contributed by atoms with Crippen LogP contribution in [0.5, 0.6) is 0 Å². The van der Waals surface area contributed by atoms with Crippen molar-refractivity contribution in [3.05, 3.63) is 17.8 Å². The summed E-state index contributed by atoms with van der Waals surface area (Å²) in [5, 5.41) is 9.61. The molecule has 20 heavy (non-hydrogen) atoms. The summed E-state index contributed by atoms with van der Waals surface area (Å²) in [5.74, 6) is 0.605. The molecular weight excluding hydrogens is 258 g/mol. The topological polar surface area (TPSA) is 88.7 Å². The van der Waals surface area contributed by atoms with E-state index in [1.807, 2.05) is 6.92 Å². The molecule has 1 unspecified atom stereocenters.